The molecular weight excluding hydrogens is 528 g/mol. The average molecular weight is 625 g/mol. The van der Waals surface area contributed by atoms with Gasteiger partial charge in [0.1, 0.15) is 0 Å². The van der Waals surface area contributed by atoms with Gasteiger partial charge in [0.2, 0.25) is 0 Å². The van der Waals surface area contributed by atoms with Gasteiger partial charge in [-0.25, -0.2) is 0 Å². The number of hydrogen-bond acceptors (Lipinski definition) is 0. The summed E-state index contributed by atoms with van der Waals surface area (Å²) in [5.41, 5.74) is 0. The lowest BCUT2D eigenvalue weighted by atomic mass is 9.91. The van der Waals surface area contributed by atoms with E-state index in [1.54, 1.807) is 0 Å². The van der Waals surface area contributed by atoms with E-state index in [0.29, 0.717) is 0 Å². The molecule has 0 aliphatic heterocycles. The van der Waals surface area contributed by atoms with Crippen molar-refractivity contribution < 1.29 is 0 Å². The summed E-state index contributed by atoms with van der Waals surface area (Å²) in [6.45, 7) is 20.4. The van der Waals surface area contributed by atoms with Crippen LogP contribution in [0.25, 0.3) is 0 Å². The zero-order chi connectivity index (χ0) is 33.6. The van der Waals surface area contributed by atoms with Crippen molar-refractivity contribution in [3.63, 3.8) is 0 Å². The Morgan fingerprint density at radius 3 is 0.591 bits per heavy atom. The van der Waals surface area contributed by atoms with Gasteiger partial charge < -0.3 is 0 Å². The highest BCUT2D eigenvalue weighted by Crippen LogP contribution is 2.22. The van der Waals surface area contributed by atoms with Crippen LogP contribution in [-0.2, 0) is 0 Å². The fraction of sp³-hybridized carbons (Fsp3) is 1.00. The first-order chi connectivity index (χ1) is 21.6. The Bertz CT molecular complexity index is 342. The Balaban J connectivity index is -0.000000220. The third-order valence-electron chi connectivity index (χ3n) is 8.97. The molecular formula is C44H96. The summed E-state index contributed by atoms with van der Waals surface area (Å²) < 4.78 is 0. The molecule has 2 saturated carbocycles. The minimum absolute atomic E-state index is 1.04. The molecule has 0 bridgehead atoms. The van der Waals surface area contributed by atoms with Crippen molar-refractivity contribution in [2.24, 2.45) is 5.92 Å². The average Bonchev–Trinajstić information content (AvgIpc) is 3.07. The van der Waals surface area contributed by atoms with E-state index in [2.05, 4.69) is 62.3 Å². The first-order valence-corrected chi connectivity index (χ1v) is 21.6. The molecule has 0 atom stereocenters. The zero-order valence-corrected chi connectivity index (χ0v) is 33.6. The molecule has 2 rings (SSSR count). The van der Waals surface area contributed by atoms with Crippen LogP contribution in [0.5, 0.6) is 0 Å². The maximum atomic E-state index is 2.36. The second-order valence-corrected chi connectivity index (χ2v) is 14.2. The van der Waals surface area contributed by atoms with Crippen molar-refractivity contribution in [1.29, 1.82) is 0 Å². The van der Waals surface area contributed by atoms with Gasteiger partial charge in [0.15, 0.2) is 0 Å². The van der Waals surface area contributed by atoms with Gasteiger partial charge in [-0.05, 0) is 5.92 Å². The van der Waals surface area contributed by atoms with Crippen molar-refractivity contribution in [2.45, 2.75) is 281 Å². The van der Waals surface area contributed by atoms with Crippen LogP contribution in [-0.4, -0.2) is 0 Å². The van der Waals surface area contributed by atoms with E-state index >= 15 is 0 Å². The van der Waals surface area contributed by atoms with E-state index < -0.39 is 0 Å². The molecule has 0 heterocycles. The Kier molecular flexibility index (Phi) is 64.0. The first kappa shape index (κ1) is 50.8. The topological polar surface area (TPSA) is 0 Å². The lowest BCUT2D eigenvalue weighted by Crippen LogP contribution is -1.99. The normalized spacial score (nSPS) is 14.1. The minimum Gasteiger partial charge on any atom is -0.0654 e. The van der Waals surface area contributed by atoms with Crippen molar-refractivity contribution in [3.8, 4) is 0 Å². The molecule has 272 valence electrons. The van der Waals surface area contributed by atoms with E-state index in [-0.39, 0.29) is 0 Å². The monoisotopic (exact) mass is 625 g/mol. The Morgan fingerprint density at radius 1 is 0.250 bits per heavy atom. The van der Waals surface area contributed by atoms with Gasteiger partial charge in [0.05, 0.1) is 0 Å². The largest absolute Gasteiger partial charge is 0.0654 e. The summed E-state index contributed by atoms with van der Waals surface area (Å²) in [4.78, 5) is 0. The first-order valence-electron chi connectivity index (χ1n) is 21.6. The SMILES string of the molecule is C1CCCCC1.CC1CCCCC1.CCCCCC.CCCCCCC.CCCCCCCC.CCCCCCCCCC. The number of rotatable bonds is 19. The predicted molar refractivity (Wildman–Crippen MR) is 212 cm³/mol. The molecule has 0 radical (unpaired) electrons. The number of hydrogen-bond donors (Lipinski definition) is 0. The van der Waals surface area contributed by atoms with E-state index in [0.717, 1.165) is 5.92 Å². The van der Waals surface area contributed by atoms with Crippen molar-refractivity contribution >= 4 is 0 Å². The second-order valence-electron chi connectivity index (χ2n) is 14.2. The van der Waals surface area contributed by atoms with Crippen molar-refractivity contribution in [3.05, 3.63) is 0 Å². The summed E-state index contributed by atoms with van der Waals surface area (Å²) >= 11 is 0. The van der Waals surface area contributed by atoms with Crippen LogP contribution in [0.1, 0.15) is 281 Å². The van der Waals surface area contributed by atoms with Gasteiger partial charge in [-0.15, -0.1) is 0 Å². The molecule has 44 heavy (non-hydrogen) atoms. The Morgan fingerprint density at radius 2 is 0.409 bits per heavy atom. The molecule has 0 heteroatoms. The molecule has 0 nitrogen and oxygen atoms in total. The van der Waals surface area contributed by atoms with Gasteiger partial charge in [0, 0.05) is 0 Å². The molecule has 2 aliphatic carbocycles. The molecule has 0 aromatic heterocycles. The number of unbranched alkanes of at least 4 members (excludes halogenated alkanes) is 19. The van der Waals surface area contributed by atoms with Crippen LogP contribution in [0.15, 0.2) is 0 Å². The molecule has 0 amide bonds. The van der Waals surface area contributed by atoms with Crippen LogP contribution in [0.4, 0.5) is 0 Å². The second kappa shape index (κ2) is 55.4. The van der Waals surface area contributed by atoms with Crippen LogP contribution < -0.4 is 0 Å². The van der Waals surface area contributed by atoms with Crippen molar-refractivity contribution in [1.82, 2.24) is 0 Å². The molecule has 0 saturated heterocycles. The van der Waals surface area contributed by atoms with E-state index in [1.807, 2.05) is 0 Å². The fourth-order valence-corrected chi connectivity index (χ4v) is 5.60. The summed E-state index contributed by atoms with van der Waals surface area (Å²) in [7, 11) is 0. The molecule has 2 fully saturated rings. The van der Waals surface area contributed by atoms with Gasteiger partial charge in [-0.1, -0.05) is 281 Å². The van der Waals surface area contributed by atoms with Crippen molar-refractivity contribution in [2.75, 3.05) is 0 Å². The zero-order valence-electron chi connectivity index (χ0n) is 33.6. The third-order valence-corrected chi connectivity index (χ3v) is 8.97. The van der Waals surface area contributed by atoms with E-state index in [1.165, 1.54) is 218 Å². The van der Waals surface area contributed by atoms with Gasteiger partial charge >= 0.3 is 0 Å². The lowest BCUT2D eigenvalue weighted by molar-refractivity contribution is 0.385. The highest BCUT2D eigenvalue weighted by molar-refractivity contribution is 4.59. The Hall–Kier alpha value is 0. The van der Waals surface area contributed by atoms with E-state index in [9.17, 15) is 0 Å². The van der Waals surface area contributed by atoms with Gasteiger partial charge in [-0.3, -0.25) is 0 Å². The minimum atomic E-state index is 1.04. The molecule has 0 aromatic rings. The van der Waals surface area contributed by atoms with Crippen LogP contribution >= 0.6 is 0 Å². The maximum absolute atomic E-state index is 2.36. The summed E-state index contributed by atoms with van der Waals surface area (Å²) in [6, 6.07) is 0. The molecule has 0 aromatic carbocycles. The van der Waals surface area contributed by atoms with Crippen LogP contribution in [0, 0.1) is 5.92 Å². The standard InChI is InChI=1S/C10H22.C8H18.C7H14.C7H16.C6H12.C6H14/c1-3-5-7-9-10-8-6-4-2;1-3-5-7-8-6-4-2;1-7-5-3-2-4-6-7;1-3-5-7-6-4-2;1-2-4-6-5-3-1;1-3-5-6-4-2/h3-10H2,1-2H3;3-8H2,1-2H3;7H,2-6H2,1H3;3-7H2,1-2H3;1-6H2;3-6H2,1-2H3. The summed E-state index contributed by atoms with van der Waals surface area (Å²) in [6.07, 6.45) is 48.9. The smallest absolute Gasteiger partial charge is 0.0443 e. The fourth-order valence-electron chi connectivity index (χ4n) is 5.60. The maximum Gasteiger partial charge on any atom is -0.0443 e. The van der Waals surface area contributed by atoms with Crippen LogP contribution in [0.3, 0.4) is 0 Å². The molecule has 0 spiro atoms. The highest BCUT2D eigenvalue weighted by atomic mass is 14.1. The predicted octanol–water partition coefficient (Wildman–Crippen LogP) is 18.0. The summed E-state index contributed by atoms with van der Waals surface area (Å²) in [5, 5.41) is 0. The van der Waals surface area contributed by atoms with Crippen LogP contribution in [0.2, 0.25) is 0 Å². The summed E-state index contributed by atoms with van der Waals surface area (Å²) in [5.74, 6) is 1.04. The van der Waals surface area contributed by atoms with Gasteiger partial charge in [-0.2, -0.15) is 0 Å². The van der Waals surface area contributed by atoms with Gasteiger partial charge in [0.25, 0.3) is 0 Å². The molecule has 2 aliphatic rings. The van der Waals surface area contributed by atoms with E-state index in [4.69, 9.17) is 0 Å². The lowest BCUT2D eigenvalue weighted by Gasteiger charge is -2.15. The quantitative estimate of drug-likeness (QED) is 0.125. The molecule has 0 N–H and O–H groups in total. The highest BCUT2D eigenvalue weighted by Gasteiger charge is 2.06. The third kappa shape index (κ3) is 64.8. The molecule has 0 unspecified atom stereocenters. The Labute approximate surface area is 285 Å².